The van der Waals surface area contributed by atoms with Crippen LogP contribution in [-0.4, -0.2) is 25.3 Å². The smallest absolute Gasteiger partial charge is 0.207 e. The summed E-state index contributed by atoms with van der Waals surface area (Å²) in [4.78, 5) is 7.88. The average molecular weight is 162 g/mol. The summed E-state index contributed by atoms with van der Waals surface area (Å²) < 4.78 is 0. The van der Waals surface area contributed by atoms with Gasteiger partial charge in [-0.15, -0.1) is 0 Å². The van der Waals surface area contributed by atoms with E-state index in [-0.39, 0.29) is 5.88 Å². The van der Waals surface area contributed by atoms with Gasteiger partial charge in [-0.2, -0.15) is 5.10 Å². The Morgan fingerprint density at radius 3 is 2.75 bits per heavy atom. The van der Waals surface area contributed by atoms with Crippen LogP contribution in [0.1, 0.15) is 0 Å². The number of nitrogens with zero attached hydrogens (tertiary/aromatic N) is 3. The lowest BCUT2D eigenvalue weighted by atomic mass is 10.3. The number of H-pyrrole nitrogens is 1. The van der Waals surface area contributed by atoms with Crippen LogP contribution in [0.15, 0.2) is 24.7 Å². The molecular formula is C7H6N4O. The monoisotopic (exact) mass is 162 g/mol. The molecule has 12 heavy (non-hydrogen) atoms. The van der Waals surface area contributed by atoms with E-state index < -0.39 is 0 Å². The van der Waals surface area contributed by atoms with Crippen molar-refractivity contribution in [3.8, 4) is 17.3 Å². The Bertz CT molecular complexity index is 370. The van der Waals surface area contributed by atoms with Gasteiger partial charge in [-0.1, -0.05) is 0 Å². The van der Waals surface area contributed by atoms with Crippen LogP contribution < -0.4 is 0 Å². The van der Waals surface area contributed by atoms with Gasteiger partial charge in [-0.25, -0.2) is 5.10 Å². The van der Waals surface area contributed by atoms with Crippen LogP contribution in [0.25, 0.3) is 11.4 Å². The van der Waals surface area contributed by atoms with E-state index in [1.54, 1.807) is 18.6 Å². The summed E-state index contributed by atoms with van der Waals surface area (Å²) in [5, 5.41) is 15.2. The molecule has 5 heteroatoms. The predicted octanol–water partition coefficient (Wildman–Crippen LogP) is 0.572. The zero-order chi connectivity index (χ0) is 8.39. The van der Waals surface area contributed by atoms with Crippen LogP contribution in [0.5, 0.6) is 5.88 Å². The van der Waals surface area contributed by atoms with Crippen molar-refractivity contribution in [1.82, 2.24) is 20.2 Å². The molecule has 0 unspecified atom stereocenters. The molecule has 5 nitrogen and oxygen atoms in total. The van der Waals surface area contributed by atoms with Gasteiger partial charge in [0.05, 0.1) is 6.20 Å². The molecule has 2 N–H and O–H groups in total. The number of aromatic hydroxyl groups is 1. The molecule has 0 aliphatic carbocycles. The number of aromatic nitrogens is 4. The highest BCUT2D eigenvalue weighted by Crippen LogP contribution is 2.15. The van der Waals surface area contributed by atoms with Crippen molar-refractivity contribution < 1.29 is 5.11 Å². The van der Waals surface area contributed by atoms with Crippen molar-refractivity contribution in [2.75, 3.05) is 0 Å². The lowest BCUT2D eigenvalue weighted by molar-refractivity contribution is 0.452. The summed E-state index contributed by atoms with van der Waals surface area (Å²) in [5.41, 5.74) is 1.22. The maximum absolute atomic E-state index is 8.95. The first-order valence-corrected chi connectivity index (χ1v) is 3.37. The minimum atomic E-state index is 0.0238. The molecule has 2 rings (SSSR count). The minimum absolute atomic E-state index is 0.0238. The van der Waals surface area contributed by atoms with Gasteiger partial charge in [0.1, 0.15) is 11.4 Å². The second-order valence-electron chi connectivity index (χ2n) is 2.23. The maximum Gasteiger partial charge on any atom is 0.207 e. The first kappa shape index (κ1) is 6.78. The first-order chi connectivity index (χ1) is 5.86. The summed E-state index contributed by atoms with van der Waals surface area (Å²) in [5.74, 6) is 0.0238. The van der Waals surface area contributed by atoms with Crippen molar-refractivity contribution in [3.05, 3.63) is 24.7 Å². The molecule has 0 aliphatic rings. The third kappa shape index (κ3) is 1.12. The first-order valence-electron chi connectivity index (χ1n) is 3.37. The Hall–Kier alpha value is -1.91. The van der Waals surface area contributed by atoms with E-state index in [1.165, 1.54) is 6.07 Å². The zero-order valence-electron chi connectivity index (χ0n) is 6.10. The summed E-state index contributed by atoms with van der Waals surface area (Å²) in [6, 6.07) is 1.49. The molecule has 0 saturated carbocycles. The Balaban J connectivity index is 2.45. The second kappa shape index (κ2) is 2.61. The second-order valence-corrected chi connectivity index (χ2v) is 2.23. The third-order valence-electron chi connectivity index (χ3n) is 1.39. The zero-order valence-corrected chi connectivity index (χ0v) is 6.10. The fourth-order valence-corrected chi connectivity index (χ4v) is 0.874. The van der Waals surface area contributed by atoms with Crippen LogP contribution in [0, 0.1) is 0 Å². The van der Waals surface area contributed by atoms with Crippen molar-refractivity contribution in [2.45, 2.75) is 0 Å². The Kier molecular flexibility index (Phi) is 1.48. The molecule has 0 radical (unpaired) electrons. The third-order valence-corrected chi connectivity index (χ3v) is 1.39. The number of aromatic amines is 1. The quantitative estimate of drug-likeness (QED) is 0.642. The van der Waals surface area contributed by atoms with Crippen LogP contribution in [-0.2, 0) is 0 Å². The highest BCUT2D eigenvalue weighted by atomic mass is 16.3. The van der Waals surface area contributed by atoms with Gasteiger partial charge in [0.15, 0.2) is 0 Å². The molecule has 0 bridgehead atoms. The highest BCUT2D eigenvalue weighted by Gasteiger charge is 2.02. The number of rotatable bonds is 1. The molecule has 0 atom stereocenters. The standard InChI is InChI=1S/C7H6N4O/c12-7-3-5(10-11-7)6-4-8-1-2-9-6/h1-4H,(H2,10,11,12). The van der Waals surface area contributed by atoms with Gasteiger partial charge in [-0.05, 0) is 0 Å². The van der Waals surface area contributed by atoms with Gasteiger partial charge in [-0.3, -0.25) is 9.97 Å². The molecule has 0 amide bonds. The molecule has 2 aromatic heterocycles. The summed E-state index contributed by atoms with van der Waals surface area (Å²) in [6.45, 7) is 0. The number of hydrogen-bond donors (Lipinski definition) is 2. The summed E-state index contributed by atoms with van der Waals surface area (Å²) >= 11 is 0. The summed E-state index contributed by atoms with van der Waals surface area (Å²) in [6.07, 6.45) is 4.73. The Labute approximate surface area is 68.1 Å². The predicted molar refractivity (Wildman–Crippen MR) is 41.3 cm³/mol. The molecule has 0 aliphatic heterocycles. The molecule has 0 spiro atoms. The van der Waals surface area contributed by atoms with Crippen LogP contribution in [0.3, 0.4) is 0 Å². The largest absolute Gasteiger partial charge is 0.494 e. The van der Waals surface area contributed by atoms with Gasteiger partial charge >= 0.3 is 0 Å². The van der Waals surface area contributed by atoms with Gasteiger partial charge in [0.25, 0.3) is 0 Å². The maximum atomic E-state index is 8.95. The average Bonchev–Trinajstić information content (AvgIpc) is 2.54. The molecule has 0 aromatic carbocycles. The molecular weight excluding hydrogens is 156 g/mol. The van der Waals surface area contributed by atoms with E-state index in [0.717, 1.165) is 0 Å². The topological polar surface area (TPSA) is 74.7 Å². The SMILES string of the molecule is Oc1cc(-c2cnccn2)n[nH]1. The van der Waals surface area contributed by atoms with Crippen LogP contribution >= 0.6 is 0 Å². The highest BCUT2D eigenvalue weighted by molar-refractivity contribution is 5.53. The molecule has 2 aromatic rings. The van der Waals surface area contributed by atoms with Crippen molar-refractivity contribution in [2.24, 2.45) is 0 Å². The lowest BCUT2D eigenvalue weighted by Gasteiger charge is -1.90. The minimum Gasteiger partial charge on any atom is -0.494 e. The van der Waals surface area contributed by atoms with Crippen molar-refractivity contribution >= 4 is 0 Å². The van der Waals surface area contributed by atoms with Gasteiger partial charge in [0, 0.05) is 18.5 Å². The molecule has 2 heterocycles. The summed E-state index contributed by atoms with van der Waals surface area (Å²) in [7, 11) is 0. The van der Waals surface area contributed by atoms with E-state index in [0.29, 0.717) is 11.4 Å². The van der Waals surface area contributed by atoms with Gasteiger partial charge in [0.2, 0.25) is 5.88 Å². The van der Waals surface area contributed by atoms with Crippen molar-refractivity contribution in [3.63, 3.8) is 0 Å². The van der Waals surface area contributed by atoms with E-state index in [9.17, 15) is 0 Å². The molecule has 60 valence electrons. The fourth-order valence-electron chi connectivity index (χ4n) is 0.874. The normalized spacial score (nSPS) is 10.0. The molecule has 0 fully saturated rings. The van der Waals surface area contributed by atoms with E-state index in [2.05, 4.69) is 20.2 Å². The van der Waals surface area contributed by atoms with Crippen LogP contribution in [0.2, 0.25) is 0 Å². The van der Waals surface area contributed by atoms with E-state index >= 15 is 0 Å². The van der Waals surface area contributed by atoms with E-state index in [1.807, 2.05) is 0 Å². The van der Waals surface area contributed by atoms with Crippen molar-refractivity contribution in [1.29, 1.82) is 0 Å². The number of hydrogen-bond acceptors (Lipinski definition) is 4. The van der Waals surface area contributed by atoms with E-state index in [4.69, 9.17) is 5.11 Å². The van der Waals surface area contributed by atoms with Gasteiger partial charge < -0.3 is 5.11 Å². The number of nitrogens with one attached hydrogen (secondary N) is 1. The fraction of sp³-hybridized carbons (Fsp3) is 0. The lowest BCUT2D eigenvalue weighted by Crippen LogP contribution is -1.83. The Morgan fingerprint density at radius 2 is 2.17 bits per heavy atom. The molecule has 0 saturated heterocycles. The van der Waals surface area contributed by atoms with Crippen LogP contribution in [0.4, 0.5) is 0 Å². The Morgan fingerprint density at radius 1 is 1.25 bits per heavy atom.